The second-order valence-electron chi connectivity index (χ2n) is 3.95. The molecule has 1 N–H and O–H groups in total. The van der Waals surface area contributed by atoms with Crippen molar-refractivity contribution in [3.05, 3.63) is 35.9 Å². The number of nitrogens with one attached hydrogen (secondary N) is 1. The molecule has 0 unspecified atom stereocenters. The van der Waals surface area contributed by atoms with E-state index in [-0.39, 0.29) is 18.3 Å². The van der Waals surface area contributed by atoms with Crippen molar-refractivity contribution in [2.24, 2.45) is 0 Å². The lowest BCUT2D eigenvalue weighted by atomic mass is 10.1. The molecular weight excluding hydrogens is 244 g/mol. The van der Waals surface area contributed by atoms with Gasteiger partial charge in [-0.25, -0.2) is 9.78 Å². The van der Waals surface area contributed by atoms with E-state index >= 15 is 0 Å². The SMILES string of the molecule is CCOC(=O)c1c2cccccc-2nc1NC(C)=O. The van der Waals surface area contributed by atoms with Crippen LogP contribution in [-0.2, 0) is 9.53 Å². The quantitative estimate of drug-likeness (QED) is 0.858. The Balaban J connectivity index is 2.58. The molecule has 0 atom stereocenters. The topological polar surface area (TPSA) is 68.3 Å². The fraction of sp³-hybridized carbons (Fsp3) is 0.214. The van der Waals surface area contributed by atoms with Gasteiger partial charge in [-0.05, 0) is 13.0 Å². The van der Waals surface area contributed by atoms with E-state index in [1.807, 2.05) is 18.2 Å². The zero-order valence-corrected chi connectivity index (χ0v) is 10.8. The molecule has 98 valence electrons. The molecule has 5 nitrogen and oxygen atoms in total. The zero-order chi connectivity index (χ0) is 13.8. The molecule has 0 aromatic rings. The molecule has 1 amide bonds. The van der Waals surface area contributed by atoms with Crippen LogP contribution in [0.25, 0.3) is 11.3 Å². The summed E-state index contributed by atoms with van der Waals surface area (Å²) < 4.78 is 5.02. The molecule has 0 aromatic carbocycles. The largest absolute Gasteiger partial charge is 0.462 e. The number of carbonyl (C=O) groups excluding carboxylic acids is 2. The highest BCUT2D eigenvalue weighted by Crippen LogP contribution is 2.31. The normalized spacial score (nSPS) is 10.2. The van der Waals surface area contributed by atoms with Gasteiger partial charge in [-0.1, -0.05) is 24.3 Å². The van der Waals surface area contributed by atoms with Crippen molar-refractivity contribution in [1.82, 2.24) is 4.98 Å². The van der Waals surface area contributed by atoms with Gasteiger partial charge in [0, 0.05) is 12.5 Å². The number of hydrogen-bond acceptors (Lipinski definition) is 4. The van der Waals surface area contributed by atoms with Crippen molar-refractivity contribution in [2.45, 2.75) is 13.8 Å². The zero-order valence-electron chi connectivity index (χ0n) is 10.8. The van der Waals surface area contributed by atoms with Crippen LogP contribution >= 0.6 is 0 Å². The summed E-state index contributed by atoms with van der Waals surface area (Å²) in [6, 6.07) is 9.03. The van der Waals surface area contributed by atoms with E-state index in [4.69, 9.17) is 4.74 Å². The molecule has 0 spiro atoms. The Kier molecular flexibility index (Phi) is 3.75. The summed E-state index contributed by atoms with van der Waals surface area (Å²) in [6.45, 7) is 3.37. The van der Waals surface area contributed by atoms with Crippen molar-refractivity contribution in [3.8, 4) is 11.3 Å². The first-order valence-electron chi connectivity index (χ1n) is 5.97. The molecule has 2 aliphatic rings. The Morgan fingerprint density at radius 2 is 2.00 bits per heavy atom. The van der Waals surface area contributed by atoms with Crippen molar-refractivity contribution in [2.75, 3.05) is 11.9 Å². The van der Waals surface area contributed by atoms with E-state index in [0.717, 1.165) is 0 Å². The van der Waals surface area contributed by atoms with E-state index in [0.29, 0.717) is 16.8 Å². The maximum absolute atomic E-state index is 12.0. The Morgan fingerprint density at radius 3 is 2.68 bits per heavy atom. The van der Waals surface area contributed by atoms with Crippen LogP contribution < -0.4 is 5.32 Å². The molecule has 1 aliphatic carbocycles. The van der Waals surface area contributed by atoms with Gasteiger partial charge in [0.1, 0.15) is 11.4 Å². The van der Waals surface area contributed by atoms with Crippen LogP contribution in [0.15, 0.2) is 30.3 Å². The van der Waals surface area contributed by atoms with E-state index < -0.39 is 5.97 Å². The van der Waals surface area contributed by atoms with Gasteiger partial charge in [0.05, 0.1) is 12.3 Å². The van der Waals surface area contributed by atoms with Gasteiger partial charge in [-0.2, -0.15) is 0 Å². The van der Waals surface area contributed by atoms with Gasteiger partial charge in [0.2, 0.25) is 5.91 Å². The lowest BCUT2D eigenvalue weighted by Gasteiger charge is -2.04. The first kappa shape index (κ1) is 13.0. The second kappa shape index (κ2) is 5.48. The average molecular weight is 258 g/mol. The first-order chi connectivity index (χ1) is 9.13. The van der Waals surface area contributed by atoms with Crippen molar-refractivity contribution < 1.29 is 14.3 Å². The Hall–Kier alpha value is -2.43. The van der Waals surface area contributed by atoms with Crippen LogP contribution in [0, 0.1) is 0 Å². The van der Waals surface area contributed by atoms with Gasteiger partial charge >= 0.3 is 5.97 Å². The van der Waals surface area contributed by atoms with Gasteiger partial charge in [-0.3, -0.25) is 4.79 Å². The average Bonchev–Trinajstić information content (AvgIpc) is 2.52. The van der Waals surface area contributed by atoms with Crippen LogP contribution in [0.1, 0.15) is 24.2 Å². The number of rotatable bonds is 3. The molecule has 0 aromatic heterocycles. The fourth-order valence-electron chi connectivity index (χ4n) is 1.82. The molecular formula is C14H14N2O3. The van der Waals surface area contributed by atoms with Crippen molar-refractivity contribution >= 4 is 17.7 Å². The third kappa shape index (κ3) is 2.70. The van der Waals surface area contributed by atoms with Gasteiger partial charge in [-0.15, -0.1) is 0 Å². The second-order valence-corrected chi connectivity index (χ2v) is 3.95. The van der Waals surface area contributed by atoms with Crippen LogP contribution in [0.2, 0.25) is 0 Å². The third-order valence-electron chi connectivity index (χ3n) is 2.53. The molecule has 0 fully saturated rings. The smallest absolute Gasteiger partial charge is 0.342 e. The number of aromatic nitrogens is 1. The summed E-state index contributed by atoms with van der Waals surface area (Å²) in [5, 5.41) is 2.56. The Bertz CT molecular complexity index is 595. The van der Waals surface area contributed by atoms with Crippen LogP contribution in [-0.4, -0.2) is 23.5 Å². The molecule has 0 saturated heterocycles. The molecule has 1 aliphatic heterocycles. The van der Waals surface area contributed by atoms with Gasteiger partial charge < -0.3 is 10.1 Å². The van der Waals surface area contributed by atoms with Crippen molar-refractivity contribution in [3.63, 3.8) is 0 Å². The minimum atomic E-state index is -0.486. The molecule has 19 heavy (non-hydrogen) atoms. The third-order valence-corrected chi connectivity index (χ3v) is 2.53. The first-order valence-corrected chi connectivity index (χ1v) is 5.97. The van der Waals surface area contributed by atoms with E-state index in [2.05, 4.69) is 10.3 Å². The summed E-state index contributed by atoms with van der Waals surface area (Å²) in [4.78, 5) is 27.5. The predicted molar refractivity (Wildman–Crippen MR) is 71.1 cm³/mol. The minimum Gasteiger partial charge on any atom is -0.462 e. The summed E-state index contributed by atoms with van der Waals surface area (Å²) in [5.41, 5.74) is 1.59. The molecule has 1 heterocycles. The predicted octanol–water partition coefficient (Wildman–Crippen LogP) is 2.32. The summed E-state index contributed by atoms with van der Waals surface area (Å²) >= 11 is 0. The van der Waals surface area contributed by atoms with E-state index in [1.54, 1.807) is 19.1 Å². The number of hydrogen-bond donors (Lipinski definition) is 1. The van der Waals surface area contributed by atoms with E-state index in [9.17, 15) is 9.59 Å². The maximum atomic E-state index is 12.0. The number of fused-ring (bicyclic) bond motifs is 1. The minimum absolute atomic E-state index is 0.243. The number of nitrogens with zero attached hydrogens (tertiary/aromatic N) is 1. The lowest BCUT2D eigenvalue weighted by molar-refractivity contribution is -0.114. The Morgan fingerprint density at radius 1 is 1.26 bits per heavy atom. The van der Waals surface area contributed by atoms with Crippen LogP contribution in [0.5, 0.6) is 0 Å². The molecule has 0 bridgehead atoms. The number of esters is 1. The van der Waals surface area contributed by atoms with Gasteiger partial charge in [0.25, 0.3) is 0 Å². The van der Waals surface area contributed by atoms with Crippen LogP contribution in [0.4, 0.5) is 5.82 Å². The summed E-state index contributed by atoms with van der Waals surface area (Å²) in [5.74, 6) is -0.523. The highest BCUT2D eigenvalue weighted by atomic mass is 16.5. The van der Waals surface area contributed by atoms with Crippen molar-refractivity contribution in [1.29, 1.82) is 0 Å². The fourth-order valence-corrected chi connectivity index (χ4v) is 1.82. The standard InChI is InChI=1S/C14H14N2O3/c1-3-19-14(18)12-10-7-5-4-6-8-11(10)16-13(12)15-9(2)17/h4-8H,3H2,1-2H3,(H,15,16,17). The number of amides is 1. The number of anilines is 1. The highest BCUT2D eigenvalue weighted by molar-refractivity contribution is 6.06. The number of carbonyl (C=O) groups is 2. The van der Waals surface area contributed by atoms with Gasteiger partial charge in [0.15, 0.2) is 0 Å². The maximum Gasteiger partial charge on any atom is 0.342 e. The lowest BCUT2D eigenvalue weighted by Crippen LogP contribution is -2.12. The highest BCUT2D eigenvalue weighted by Gasteiger charge is 2.24. The number of ether oxygens (including phenoxy) is 1. The van der Waals surface area contributed by atoms with E-state index in [1.165, 1.54) is 6.92 Å². The summed E-state index contributed by atoms with van der Waals surface area (Å²) in [6.07, 6.45) is 0. The Labute approximate surface area is 110 Å². The molecule has 0 saturated carbocycles. The van der Waals surface area contributed by atoms with Crippen LogP contribution in [0.3, 0.4) is 0 Å². The molecule has 5 heteroatoms. The molecule has 0 radical (unpaired) electrons. The molecule has 2 rings (SSSR count). The summed E-state index contributed by atoms with van der Waals surface area (Å²) in [7, 11) is 0. The monoisotopic (exact) mass is 258 g/mol.